The maximum absolute atomic E-state index is 12.6. The molecular weight excluding hydrogens is 310 g/mol. The summed E-state index contributed by atoms with van der Waals surface area (Å²) < 4.78 is 1.23. The van der Waals surface area contributed by atoms with Crippen LogP contribution in [0.5, 0.6) is 0 Å². The molecule has 0 bridgehead atoms. The highest BCUT2D eigenvalue weighted by atomic mass is 16.4. The Bertz CT molecular complexity index is 889. The van der Waals surface area contributed by atoms with Gasteiger partial charge in [-0.2, -0.15) is 5.10 Å². The minimum absolute atomic E-state index is 0.0460. The third-order valence-electron chi connectivity index (χ3n) is 4.69. The maximum atomic E-state index is 12.6. The molecule has 0 unspecified atom stereocenters. The zero-order chi connectivity index (χ0) is 17.5. The van der Waals surface area contributed by atoms with Crippen LogP contribution >= 0.6 is 0 Å². The first-order valence-electron chi connectivity index (χ1n) is 7.78. The molecule has 1 aromatic carbocycles. The van der Waals surface area contributed by atoms with E-state index in [-0.39, 0.29) is 24.4 Å². The summed E-state index contributed by atoms with van der Waals surface area (Å²) in [5, 5.41) is 14.7. The van der Waals surface area contributed by atoms with Gasteiger partial charge in [0.25, 0.3) is 5.56 Å². The van der Waals surface area contributed by atoms with Gasteiger partial charge in [-0.3, -0.25) is 14.4 Å². The van der Waals surface area contributed by atoms with Crippen LogP contribution in [0.15, 0.2) is 29.1 Å². The fraction of sp³-hybridized carbons (Fsp3) is 0.412. The molecule has 24 heavy (non-hydrogen) atoms. The van der Waals surface area contributed by atoms with E-state index in [0.717, 1.165) is 0 Å². The molecule has 2 aromatic rings. The van der Waals surface area contributed by atoms with Crippen LogP contribution in [-0.4, -0.2) is 44.8 Å². The molecule has 1 aromatic heterocycles. The summed E-state index contributed by atoms with van der Waals surface area (Å²) in [6.07, 6.45) is 0.486. The topological polar surface area (TPSA) is 92.5 Å². The lowest BCUT2D eigenvalue weighted by Crippen LogP contribution is -2.36. The van der Waals surface area contributed by atoms with E-state index in [1.165, 1.54) is 4.68 Å². The minimum atomic E-state index is -0.894. The molecule has 0 spiro atoms. The quantitative estimate of drug-likeness (QED) is 0.899. The molecule has 2 heterocycles. The van der Waals surface area contributed by atoms with E-state index in [9.17, 15) is 19.5 Å². The number of rotatable bonds is 3. The van der Waals surface area contributed by atoms with Gasteiger partial charge in [0.15, 0.2) is 0 Å². The molecule has 7 nitrogen and oxygen atoms in total. The lowest BCUT2D eigenvalue weighted by atomic mass is 9.90. The molecular formula is C17H19N3O4. The van der Waals surface area contributed by atoms with Gasteiger partial charge in [-0.15, -0.1) is 0 Å². The van der Waals surface area contributed by atoms with Gasteiger partial charge in [-0.1, -0.05) is 18.2 Å². The van der Waals surface area contributed by atoms with Crippen LogP contribution in [0.2, 0.25) is 0 Å². The summed E-state index contributed by atoms with van der Waals surface area (Å²) in [4.78, 5) is 37.6. The van der Waals surface area contributed by atoms with E-state index in [4.69, 9.17) is 0 Å². The molecule has 1 saturated heterocycles. The fourth-order valence-electron chi connectivity index (χ4n) is 3.11. The van der Waals surface area contributed by atoms with E-state index in [2.05, 4.69) is 5.10 Å². The highest BCUT2D eigenvalue weighted by Gasteiger charge is 2.42. The number of carboxylic acids is 1. The van der Waals surface area contributed by atoms with E-state index in [1.54, 1.807) is 43.1 Å². The van der Waals surface area contributed by atoms with Crippen LogP contribution in [-0.2, 0) is 23.1 Å². The van der Waals surface area contributed by atoms with Crippen molar-refractivity contribution in [1.29, 1.82) is 0 Å². The Morgan fingerprint density at radius 3 is 2.58 bits per heavy atom. The molecule has 1 aliphatic rings. The van der Waals surface area contributed by atoms with Crippen molar-refractivity contribution in [2.45, 2.75) is 19.8 Å². The zero-order valence-corrected chi connectivity index (χ0v) is 13.7. The van der Waals surface area contributed by atoms with Crippen molar-refractivity contribution in [2.24, 2.45) is 12.5 Å². The minimum Gasteiger partial charge on any atom is -0.481 e. The molecule has 126 valence electrons. The molecule has 1 aliphatic heterocycles. The van der Waals surface area contributed by atoms with E-state index < -0.39 is 11.4 Å². The number of amides is 1. The van der Waals surface area contributed by atoms with Crippen LogP contribution in [0, 0.1) is 5.41 Å². The molecule has 7 heteroatoms. The average Bonchev–Trinajstić information content (AvgIpc) is 2.96. The SMILES string of the molecule is Cn1nc(CC(=O)N2CC[C@](C)(C(=O)O)C2)c2ccccc2c1=O. The van der Waals surface area contributed by atoms with E-state index in [0.29, 0.717) is 29.4 Å². The second-order valence-corrected chi connectivity index (χ2v) is 6.53. The van der Waals surface area contributed by atoms with Crippen LogP contribution < -0.4 is 5.56 Å². The molecule has 3 rings (SSSR count). The number of aliphatic carboxylic acids is 1. The third kappa shape index (κ3) is 2.66. The van der Waals surface area contributed by atoms with Gasteiger partial charge in [-0.05, 0) is 19.4 Å². The largest absolute Gasteiger partial charge is 0.481 e. The summed E-state index contributed by atoms with van der Waals surface area (Å²) in [6, 6.07) is 7.06. The van der Waals surface area contributed by atoms with E-state index in [1.807, 2.05) is 0 Å². The number of likely N-dealkylation sites (tertiary alicyclic amines) is 1. The Labute approximate surface area is 138 Å². The maximum Gasteiger partial charge on any atom is 0.311 e. The van der Waals surface area contributed by atoms with Crippen molar-refractivity contribution in [3.05, 3.63) is 40.3 Å². The highest BCUT2D eigenvalue weighted by molar-refractivity contribution is 5.89. The lowest BCUT2D eigenvalue weighted by molar-refractivity contribution is -0.147. The number of aromatic nitrogens is 2. The monoisotopic (exact) mass is 329 g/mol. The molecule has 1 fully saturated rings. The number of benzene rings is 1. The molecule has 0 radical (unpaired) electrons. The Morgan fingerprint density at radius 1 is 1.29 bits per heavy atom. The number of nitrogens with zero attached hydrogens (tertiary/aromatic N) is 3. The number of carbonyl (C=O) groups is 2. The summed E-state index contributed by atoms with van der Waals surface area (Å²) in [7, 11) is 1.56. The zero-order valence-electron chi connectivity index (χ0n) is 13.7. The third-order valence-corrected chi connectivity index (χ3v) is 4.69. The molecule has 0 saturated carbocycles. The number of hydrogen-bond donors (Lipinski definition) is 1. The van der Waals surface area contributed by atoms with Gasteiger partial charge in [-0.25, -0.2) is 4.68 Å². The normalized spacial score (nSPS) is 20.5. The number of carbonyl (C=O) groups excluding carboxylic acids is 1. The first kappa shape index (κ1) is 16.2. The highest BCUT2D eigenvalue weighted by Crippen LogP contribution is 2.30. The van der Waals surface area contributed by atoms with Gasteiger partial charge >= 0.3 is 5.97 Å². The standard InChI is InChI=1S/C17H19N3O4/c1-17(16(23)24)7-8-20(10-17)14(21)9-13-11-5-3-4-6-12(11)15(22)19(2)18-13/h3-6H,7-10H2,1-2H3,(H,23,24)/t17-/m0/s1. The van der Waals surface area contributed by atoms with Crippen molar-refractivity contribution in [3.8, 4) is 0 Å². The van der Waals surface area contributed by atoms with Crippen molar-refractivity contribution in [1.82, 2.24) is 14.7 Å². The Balaban J connectivity index is 1.89. The van der Waals surface area contributed by atoms with Crippen LogP contribution in [0.3, 0.4) is 0 Å². The predicted molar refractivity (Wildman–Crippen MR) is 87.6 cm³/mol. The number of carboxylic acid groups (broad SMARTS) is 1. The molecule has 1 N–H and O–H groups in total. The summed E-state index contributed by atoms with van der Waals surface area (Å²) in [5.74, 6) is -1.06. The van der Waals surface area contributed by atoms with Crippen molar-refractivity contribution >= 4 is 22.6 Å². The summed E-state index contributed by atoms with van der Waals surface area (Å²) >= 11 is 0. The van der Waals surface area contributed by atoms with Crippen LogP contribution in [0.1, 0.15) is 19.0 Å². The van der Waals surface area contributed by atoms with Gasteiger partial charge in [0.1, 0.15) is 0 Å². The second kappa shape index (κ2) is 5.74. The van der Waals surface area contributed by atoms with Gasteiger partial charge in [0.05, 0.1) is 22.9 Å². The Kier molecular flexibility index (Phi) is 3.87. The Morgan fingerprint density at radius 2 is 1.96 bits per heavy atom. The van der Waals surface area contributed by atoms with Crippen LogP contribution in [0.4, 0.5) is 0 Å². The molecule has 1 amide bonds. The first-order chi connectivity index (χ1) is 11.3. The fourth-order valence-corrected chi connectivity index (χ4v) is 3.11. The summed E-state index contributed by atoms with van der Waals surface area (Å²) in [6.45, 7) is 2.28. The van der Waals surface area contributed by atoms with Gasteiger partial charge in [0, 0.05) is 25.5 Å². The molecule has 0 aliphatic carbocycles. The van der Waals surface area contributed by atoms with E-state index >= 15 is 0 Å². The number of aryl methyl sites for hydroxylation is 1. The second-order valence-electron chi connectivity index (χ2n) is 6.53. The summed E-state index contributed by atoms with van der Waals surface area (Å²) in [5.41, 5.74) is -0.572. The smallest absolute Gasteiger partial charge is 0.311 e. The average molecular weight is 329 g/mol. The number of hydrogen-bond acceptors (Lipinski definition) is 4. The molecule has 1 atom stereocenters. The van der Waals surface area contributed by atoms with Gasteiger partial charge in [0.2, 0.25) is 5.91 Å². The van der Waals surface area contributed by atoms with Crippen molar-refractivity contribution in [2.75, 3.05) is 13.1 Å². The lowest BCUT2D eigenvalue weighted by Gasteiger charge is -2.20. The van der Waals surface area contributed by atoms with Crippen molar-refractivity contribution in [3.63, 3.8) is 0 Å². The van der Waals surface area contributed by atoms with Crippen molar-refractivity contribution < 1.29 is 14.7 Å². The first-order valence-corrected chi connectivity index (χ1v) is 7.78. The van der Waals surface area contributed by atoms with Crippen LogP contribution in [0.25, 0.3) is 10.8 Å². The predicted octanol–water partition coefficient (Wildman–Crippen LogP) is 0.799. The number of fused-ring (bicyclic) bond motifs is 1. The Hall–Kier alpha value is -2.70. The van der Waals surface area contributed by atoms with Gasteiger partial charge < -0.3 is 10.0 Å².